The molecule has 1 aromatic heterocycles. The number of hydrogen-bond donors (Lipinski definition) is 1. The van der Waals surface area contributed by atoms with Gasteiger partial charge in [0, 0.05) is 11.8 Å². The second-order valence-corrected chi connectivity index (χ2v) is 9.01. The summed E-state index contributed by atoms with van der Waals surface area (Å²) in [7, 11) is 0. The lowest BCUT2D eigenvalue weighted by Gasteiger charge is -2.24. The van der Waals surface area contributed by atoms with Gasteiger partial charge in [-0.15, -0.1) is 0 Å². The Morgan fingerprint density at radius 2 is 1.83 bits per heavy atom. The minimum Gasteiger partial charge on any atom is -0.507 e. The SMILES string of the molecule is CCCOc1ccc(C(O)=C2C(=O)C(=O)N(c3ccccn3)C2c2ccc(C(C)C)cc2)cc1C. The quantitative estimate of drug-likeness (QED) is 0.263. The third-order valence-corrected chi connectivity index (χ3v) is 6.17. The Morgan fingerprint density at radius 1 is 1.09 bits per heavy atom. The summed E-state index contributed by atoms with van der Waals surface area (Å²) in [5.74, 6) is -0.269. The second kappa shape index (κ2) is 10.1. The van der Waals surface area contributed by atoms with Gasteiger partial charge in [-0.1, -0.05) is 51.1 Å². The number of aryl methyl sites for hydroxylation is 1. The minimum absolute atomic E-state index is 0.0413. The van der Waals surface area contributed by atoms with Crippen molar-refractivity contribution in [1.82, 2.24) is 4.98 Å². The van der Waals surface area contributed by atoms with Crippen molar-refractivity contribution >= 4 is 23.3 Å². The summed E-state index contributed by atoms with van der Waals surface area (Å²) in [5, 5.41) is 11.4. The first-order valence-electron chi connectivity index (χ1n) is 11.9. The molecule has 1 atom stereocenters. The van der Waals surface area contributed by atoms with Crippen LogP contribution in [0.15, 0.2) is 72.4 Å². The van der Waals surface area contributed by atoms with Crippen LogP contribution in [0.5, 0.6) is 5.75 Å². The molecule has 35 heavy (non-hydrogen) atoms. The number of carbonyl (C=O) groups excluding carboxylic acids is 2. The van der Waals surface area contributed by atoms with Gasteiger partial charge in [0.15, 0.2) is 0 Å². The smallest absolute Gasteiger partial charge is 0.301 e. The lowest BCUT2D eigenvalue weighted by molar-refractivity contribution is -0.132. The molecular formula is C29H30N2O4. The van der Waals surface area contributed by atoms with E-state index in [4.69, 9.17) is 4.74 Å². The number of benzene rings is 2. The molecule has 2 heterocycles. The van der Waals surface area contributed by atoms with Gasteiger partial charge in [-0.2, -0.15) is 0 Å². The number of ketones is 1. The molecule has 1 N–H and O–H groups in total. The van der Waals surface area contributed by atoms with E-state index in [-0.39, 0.29) is 11.3 Å². The van der Waals surface area contributed by atoms with E-state index >= 15 is 0 Å². The highest BCUT2D eigenvalue weighted by Crippen LogP contribution is 2.42. The largest absolute Gasteiger partial charge is 0.507 e. The van der Waals surface area contributed by atoms with E-state index in [9.17, 15) is 14.7 Å². The van der Waals surface area contributed by atoms with Crippen molar-refractivity contribution in [2.24, 2.45) is 0 Å². The predicted molar refractivity (Wildman–Crippen MR) is 137 cm³/mol. The van der Waals surface area contributed by atoms with Gasteiger partial charge >= 0.3 is 5.91 Å². The molecule has 1 fully saturated rings. The zero-order valence-corrected chi connectivity index (χ0v) is 20.5. The third kappa shape index (κ3) is 4.69. The first-order chi connectivity index (χ1) is 16.8. The number of amides is 1. The molecule has 0 saturated carbocycles. The van der Waals surface area contributed by atoms with Gasteiger partial charge < -0.3 is 9.84 Å². The van der Waals surface area contributed by atoms with Gasteiger partial charge in [0.25, 0.3) is 5.78 Å². The summed E-state index contributed by atoms with van der Waals surface area (Å²) in [4.78, 5) is 32.2. The van der Waals surface area contributed by atoms with Crippen LogP contribution in [0.25, 0.3) is 5.76 Å². The Morgan fingerprint density at radius 3 is 2.43 bits per heavy atom. The lowest BCUT2D eigenvalue weighted by Crippen LogP contribution is -2.30. The first-order valence-corrected chi connectivity index (χ1v) is 11.9. The Labute approximate surface area is 205 Å². The summed E-state index contributed by atoms with van der Waals surface area (Å²) >= 11 is 0. The van der Waals surface area contributed by atoms with E-state index < -0.39 is 17.7 Å². The maximum atomic E-state index is 13.3. The highest BCUT2D eigenvalue weighted by atomic mass is 16.5. The van der Waals surface area contributed by atoms with Gasteiger partial charge in [0.1, 0.15) is 17.3 Å². The maximum absolute atomic E-state index is 13.3. The van der Waals surface area contributed by atoms with E-state index in [0.29, 0.717) is 23.9 Å². The molecule has 4 rings (SSSR count). The fourth-order valence-electron chi connectivity index (χ4n) is 4.27. The normalized spacial score (nSPS) is 17.3. The fourth-order valence-corrected chi connectivity index (χ4v) is 4.27. The van der Waals surface area contributed by atoms with Crippen molar-refractivity contribution in [3.63, 3.8) is 0 Å². The number of aliphatic hydroxyl groups excluding tert-OH is 1. The van der Waals surface area contributed by atoms with E-state index in [1.54, 1.807) is 42.6 Å². The standard InChI is InChI=1S/C29H30N2O4/c1-5-16-35-23-14-13-22(17-19(23)4)27(32)25-26(21-11-9-20(10-12-21)18(2)3)31(29(34)28(25)33)24-8-6-7-15-30-24/h6-15,17-18,26,32H,5,16H2,1-4H3. The number of Topliss-reactive ketones (excluding diaryl/α,β-unsaturated/α-hetero) is 1. The molecule has 0 bridgehead atoms. The van der Waals surface area contributed by atoms with Crippen molar-refractivity contribution in [2.45, 2.75) is 46.1 Å². The molecule has 6 heteroatoms. The van der Waals surface area contributed by atoms with Gasteiger partial charge in [-0.3, -0.25) is 14.5 Å². The molecule has 1 amide bonds. The van der Waals surface area contributed by atoms with Gasteiger partial charge in [0.2, 0.25) is 0 Å². The summed E-state index contributed by atoms with van der Waals surface area (Å²) in [6.07, 6.45) is 2.46. The third-order valence-electron chi connectivity index (χ3n) is 6.17. The Kier molecular flexibility index (Phi) is 7.01. The number of aromatic nitrogens is 1. The minimum atomic E-state index is -0.803. The fraction of sp³-hybridized carbons (Fsp3) is 0.276. The van der Waals surface area contributed by atoms with Crippen molar-refractivity contribution in [1.29, 1.82) is 0 Å². The number of aliphatic hydroxyl groups is 1. The molecule has 1 saturated heterocycles. The molecule has 3 aromatic rings. The van der Waals surface area contributed by atoms with Gasteiger partial charge in [0.05, 0.1) is 18.2 Å². The number of rotatable bonds is 7. The zero-order chi connectivity index (χ0) is 25.1. The molecule has 0 spiro atoms. The van der Waals surface area contributed by atoms with Crippen LogP contribution in [0.4, 0.5) is 5.82 Å². The molecule has 6 nitrogen and oxygen atoms in total. The maximum Gasteiger partial charge on any atom is 0.301 e. The zero-order valence-electron chi connectivity index (χ0n) is 20.5. The Bertz CT molecular complexity index is 1260. The van der Waals surface area contributed by atoms with Crippen LogP contribution in [0, 0.1) is 6.92 Å². The summed E-state index contributed by atoms with van der Waals surface area (Å²) in [5.41, 5.74) is 3.19. The van der Waals surface area contributed by atoms with Gasteiger partial charge in [-0.05, 0) is 66.3 Å². The molecule has 1 unspecified atom stereocenters. The number of pyridine rings is 1. The van der Waals surface area contributed by atoms with Crippen LogP contribution in [0.2, 0.25) is 0 Å². The Hall–Kier alpha value is -3.93. The molecular weight excluding hydrogens is 440 g/mol. The van der Waals surface area contributed by atoms with Crippen molar-refractivity contribution in [2.75, 3.05) is 11.5 Å². The molecule has 0 radical (unpaired) electrons. The topological polar surface area (TPSA) is 79.7 Å². The number of ether oxygens (including phenoxy) is 1. The highest BCUT2D eigenvalue weighted by molar-refractivity contribution is 6.51. The number of carbonyl (C=O) groups is 2. The summed E-state index contributed by atoms with van der Waals surface area (Å²) in [6.45, 7) is 8.71. The van der Waals surface area contributed by atoms with E-state index in [0.717, 1.165) is 28.9 Å². The highest BCUT2D eigenvalue weighted by Gasteiger charge is 2.47. The molecule has 1 aliphatic rings. The second-order valence-electron chi connectivity index (χ2n) is 9.01. The van der Waals surface area contributed by atoms with E-state index in [1.807, 2.05) is 38.1 Å². The van der Waals surface area contributed by atoms with Crippen LogP contribution >= 0.6 is 0 Å². The monoisotopic (exact) mass is 470 g/mol. The number of nitrogens with zero attached hydrogens (tertiary/aromatic N) is 2. The average Bonchev–Trinajstić information content (AvgIpc) is 3.13. The van der Waals surface area contributed by atoms with Crippen LogP contribution < -0.4 is 9.64 Å². The number of anilines is 1. The van der Waals surface area contributed by atoms with Crippen molar-refractivity contribution in [3.8, 4) is 5.75 Å². The predicted octanol–water partition coefficient (Wildman–Crippen LogP) is 5.93. The molecule has 1 aliphatic heterocycles. The lowest BCUT2D eigenvalue weighted by atomic mass is 9.93. The van der Waals surface area contributed by atoms with Gasteiger partial charge in [-0.25, -0.2) is 4.98 Å². The molecule has 0 aliphatic carbocycles. The van der Waals surface area contributed by atoms with Crippen LogP contribution in [-0.4, -0.2) is 28.4 Å². The van der Waals surface area contributed by atoms with Crippen molar-refractivity contribution in [3.05, 3.63) is 94.7 Å². The first kappa shape index (κ1) is 24.2. The summed E-state index contributed by atoms with van der Waals surface area (Å²) < 4.78 is 5.74. The van der Waals surface area contributed by atoms with E-state index in [1.165, 1.54) is 4.90 Å². The van der Waals surface area contributed by atoms with E-state index in [2.05, 4.69) is 18.8 Å². The van der Waals surface area contributed by atoms with Crippen LogP contribution in [0.3, 0.4) is 0 Å². The van der Waals surface area contributed by atoms with Crippen LogP contribution in [-0.2, 0) is 9.59 Å². The molecule has 2 aromatic carbocycles. The van der Waals surface area contributed by atoms with Crippen molar-refractivity contribution < 1.29 is 19.4 Å². The average molecular weight is 471 g/mol. The molecule has 180 valence electrons. The Balaban J connectivity index is 1.86. The number of hydrogen-bond acceptors (Lipinski definition) is 5. The van der Waals surface area contributed by atoms with Crippen LogP contribution in [0.1, 0.15) is 61.4 Å². The summed E-state index contributed by atoms with van der Waals surface area (Å²) in [6, 6.07) is 17.4.